The number of unbranched alkanes of at least 4 members (excludes halogenated alkanes) is 5. The zero-order valence-electron chi connectivity index (χ0n) is 16.6. The van der Waals surface area contributed by atoms with Gasteiger partial charge in [-0.2, -0.15) is 0 Å². The Morgan fingerprint density at radius 2 is 1.65 bits per heavy atom. The maximum atomic E-state index is 11.8. The molecule has 0 fully saturated rings. The maximum absolute atomic E-state index is 11.8. The van der Waals surface area contributed by atoms with E-state index in [-0.39, 0.29) is 5.97 Å². The third-order valence-electron chi connectivity index (χ3n) is 3.88. The van der Waals surface area contributed by atoms with Gasteiger partial charge in [-0.3, -0.25) is 0 Å². The predicted octanol–water partition coefficient (Wildman–Crippen LogP) is 5.79. The van der Waals surface area contributed by atoms with Crippen molar-refractivity contribution in [3.8, 4) is 11.5 Å². The lowest BCUT2D eigenvalue weighted by Gasteiger charge is -2.12. The second-order valence-electron chi connectivity index (χ2n) is 6.26. The molecular weight excluding hydrogens is 328 g/mol. The number of carbonyl (C=O) groups excluding carboxylic acids is 1. The fourth-order valence-electron chi connectivity index (χ4n) is 2.50. The normalized spacial score (nSPS) is 10.9. The Balaban J connectivity index is 2.44. The third kappa shape index (κ3) is 9.50. The summed E-state index contributed by atoms with van der Waals surface area (Å²) in [7, 11) is 0. The Morgan fingerprint density at radius 3 is 2.38 bits per heavy atom. The summed E-state index contributed by atoms with van der Waals surface area (Å²) in [5.41, 5.74) is 0.885. The summed E-state index contributed by atoms with van der Waals surface area (Å²) in [5.74, 6) is 1.13. The summed E-state index contributed by atoms with van der Waals surface area (Å²) in [6.07, 6.45) is 11.2. The van der Waals surface area contributed by atoms with Gasteiger partial charge in [0.05, 0.1) is 19.8 Å². The Morgan fingerprint density at radius 1 is 0.885 bits per heavy atom. The van der Waals surface area contributed by atoms with Gasteiger partial charge in [0.25, 0.3) is 0 Å². The van der Waals surface area contributed by atoms with Crippen LogP contribution in [0.2, 0.25) is 0 Å². The van der Waals surface area contributed by atoms with Gasteiger partial charge in [-0.05, 0) is 43.5 Å². The highest BCUT2D eigenvalue weighted by atomic mass is 16.5. The Kier molecular flexibility index (Phi) is 12.1. The molecule has 0 saturated carbocycles. The van der Waals surface area contributed by atoms with Gasteiger partial charge in [0.15, 0.2) is 11.5 Å². The molecule has 0 aliphatic heterocycles. The molecule has 0 radical (unpaired) electrons. The van der Waals surface area contributed by atoms with Gasteiger partial charge in [-0.1, -0.05) is 52.0 Å². The van der Waals surface area contributed by atoms with Crippen LogP contribution in [-0.2, 0) is 9.53 Å². The number of rotatable bonds is 14. The van der Waals surface area contributed by atoms with E-state index >= 15 is 0 Å². The molecule has 0 heterocycles. The average Bonchev–Trinajstić information content (AvgIpc) is 2.65. The molecule has 0 aromatic heterocycles. The molecule has 1 rings (SSSR count). The van der Waals surface area contributed by atoms with E-state index in [1.165, 1.54) is 31.8 Å². The molecule has 1 aromatic rings. The fraction of sp³-hybridized carbons (Fsp3) is 0.591. The smallest absolute Gasteiger partial charge is 0.330 e. The SMILES string of the molecule is CCCCCCCCOC(=O)C=Cc1ccc(OCC)c(OCCC)c1. The van der Waals surface area contributed by atoms with Crippen molar-refractivity contribution in [2.75, 3.05) is 19.8 Å². The van der Waals surface area contributed by atoms with Gasteiger partial charge < -0.3 is 14.2 Å². The Bertz CT molecular complexity index is 537. The number of ether oxygens (including phenoxy) is 3. The predicted molar refractivity (Wildman–Crippen MR) is 107 cm³/mol. The number of carbonyl (C=O) groups is 1. The molecule has 0 spiro atoms. The molecule has 0 aliphatic rings. The number of esters is 1. The number of benzene rings is 1. The van der Waals surface area contributed by atoms with Crippen molar-refractivity contribution >= 4 is 12.0 Å². The first-order valence-electron chi connectivity index (χ1n) is 9.95. The summed E-state index contributed by atoms with van der Waals surface area (Å²) in [6.45, 7) is 7.91. The van der Waals surface area contributed by atoms with Crippen LogP contribution in [0.25, 0.3) is 6.08 Å². The second kappa shape index (κ2) is 14.2. The first kappa shape index (κ1) is 22.1. The molecule has 0 bridgehead atoms. The molecule has 0 N–H and O–H groups in total. The molecule has 1 aromatic carbocycles. The van der Waals surface area contributed by atoms with E-state index in [1.54, 1.807) is 6.08 Å². The molecule has 4 nitrogen and oxygen atoms in total. The Labute approximate surface area is 158 Å². The van der Waals surface area contributed by atoms with Crippen molar-refractivity contribution in [1.82, 2.24) is 0 Å². The second-order valence-corrected chi connectivity index (χ2v) is 6.26. The van der Waals surface area contributed by atoms with E-state index in [0.29, 0.717) is 25.6 Å². The highest BCUT2D eigenvalue weighted by molar-refractivity contribution is 5.87. The maximum Gasteiger partial charge on any atom is 0.330 e. The minimum absolute atomic E-state index is 0.302. The quantitative estimate of drug-likeness (QED) is 0.239. The van der Waals surface area contributed by atoms with Crippen molar-refractivity contribution in [1.29, 1.82) is 0 Å². The minimum Gasteiger partial charge on any atom is -0.490 e. The standard InChI is InChI=1S/C22H34O4/c1-4-7-8-9-10-11-17-26-22(23)15-13-19-12-14-20(24-6-3)21(18-19)25-16-5-2/h12-15,18H,4-11,16-17H2,1-3H3. The largest absolute Gasteiger partial charge is 0.490 e. The average molecular weight is 363 g/mol. The lowest BCUT2D eigenvalue weighted by molar-refractivity contribution is -0.137. The zero-order chi connectivity index (χ0) is 19.0. The van der Waals surface area contributed by atoms with Crippen molar-refractivity contribution in [2.45, 2.75) is 65.7 Å². The number of hydrogen-bond acceptors (Lipinski definition) is 4. The van der Waals surface area contributed by atoms with E-state index < -0.39 is 0 Å². The van der Waals surface area contributed by atoms with Gasteiger partial charge >= 0.3 is 5.97 Å². The molecule has 0 unspecified atom stereocenters. The van der Waals surface area contributed by atoms with Crippen molar-refractivity contribution < 1.29 is 19.0 Å². The van der Waals surface area contributed by atoms with Crippen LogP contribution < -0.4 is 9.47 Å². The highest BCUT2D eigenvalue weighted by Crippen LogP contribution is 2.29. The van der Waals surface area contributed by atoms with Crippen LogP contribution in [0.3, 0.4) is 0 Å². The third-order valence-corrected chi connectivity index (χ3v) is 3.88. The first-order chi connectivity index (χ1) is 12.7. The lowest BCUT2D eigenvalue weighted by atomic mass is 10.1. The topological polar surface area (TPSA) is 44.8 Å². The Hall–Kier alpha value is -1.97. The van der Waals surface area contributed by atoms with Crippen LogP contribution in [-0.4, -0.2) is 25.8 Å². The van der Waals surface area contributed by atoms with Gasteiger partial charge in [0, 0.05) is 6.08 Å². The van der Waals surface area contributed by atoms with E-state index in [4.69, 9.17) is 14.2 Å². The van der Waals surface area contributed by atoms with Gasteiger partial charge in [-0.15, -0.1) is 0 Å². The van der Waals surface area contributed by atoms with E-state index in [9.17, 15) is 4.79 Å². The number of hydrogen-bond donors (Lipinski definition) is 0. The van der Waals surface area contributed by atoms with Crippen molar-refractivity contribution in [3.05, 3.63) is 29.8 Å². The summed E-state index contributed by atoms with van der Waals surface area (Å²) >= 11 is 0. The van der Waals surface area contributed by atoms with Crippen LogP contribution in [0.4, 0.5) is 0 Å². The van der Waals surface area contributed by atoms with Crippen LogP contribution >= 0.6 is 0 Å². The molecule has 0 aliphatic carbocycles. The summed E-state index contributed by atoms with van der Waals surface area (Å²) < 4.78 is 16.6. The monoisotopic (exact) mass is 362 g/mol. The summed E-state index contributed by atoms with van der Waals surface area (Å²) in [4.78, 5) is 11.8. The lowest BCUT2D eigenvalue weighted by Crippen LogP contribution is -2.02. The molecule has 0 saturated heterocycles. The van der Waals surface area contributed by atoms with E-state index in [2.05, 4.69) is 13.8 Å². The molecule has 26 heavy (non-hydrogen) atoms. The van der Waals surface area contributed by atoms with Crippen LogP contribution in [0, 0.1) is 0 Å². The van der Waals surface area contributed by atoms with Crippen LogP contribution in [0.15, 0.2) is 24.3 Å². The summed E-state index contributed by atoms with van der Waals surface area (Å²) in [5, 5.41) is 0. The van der Waals surface area contributed by atoms with Crippen molar-refractivity contribution in [2.24, 2.45) is 0 Å². The molecule has 146 valence electrons. The summed E-state index contributed by atoms with van der Waals surface area (Å²) in [6, 6.07) is 5.66. The zero-order valence-corrected chi connectivity index (χ0v) is 16.6. The van der Waals surface area contributed by atoms with Gasteiger partial charge in [-0.25, -0.2) is 4.79 Å². The highest BCUT2D eigenvalue weighted by Gasteiger charge is 2.06. The van der Waals surface area contributed by atoms with Crippen LogP contribution in [0.5, 0.6) is 11.5 Å². The van der Waals surface area contributed by atoms with E-state index in [1.807, 2.05) is 25.1 Å². The minimum atomic E-state index is -0.302. The molecule has 0 atom stereocenters. The molecular formula is C22H34O4. The van der Waals surface area contributed by atoms with Crippen LogP contribution in [0.1, 0.15) is 71.3 Å². The fourth-order valence-corrected chi connectivity index (χ4v) is 2.50. The van der Waals surface area contributed by atoms with Gasteiger partial charge in [0.1, 0.15) is 0 Å². The van der Waals surface area contributed by atoms with Crippen molar-refractivity contribution in [3.63, 3.8) is 0 Å². The molecule has 0 amide bonds. The first-order valence-corrected chi connectivity index (χ1v) is 9.95. The van der Waals surface area contributed by atoms with Gasteiger partial charge in [0.2, 0.25) is 0 Å². The molecule has 4 heteroatoms. The van der Waals surface area contributed by atoms with E-state index in [0.717, 1.165) is 30.6 Å².